The minimum Gasteiger partial charge on any atom is -0.495 e. The van der Waals surface area contributed by atoms with Gasteiger partial charge in [0.25, 0.3) is 0 Å². The molecule has 0 unspecified atom stereocenters. The van der Waals surface area contributed by atoms with Crippen molar-refractivity contribution in [3.8, 4) is 0 Å². The lowest BCUT2D eigenvalue weighted by molar-refractivity contribution is -0.102. The molecule has 0 spiro atoms. The molecule has 0 aromatic carbocycles. The Morgan fingerprint density at radius 1 is 1.59 bits per heavy atom. The first-order valence-electron chi connectivity index (χ1n) is 4.99. The Morgan fingerprint density at radius 2 is 2.24 bits per heavy atom. The summed E-state index contributed by atoms with van der Waals surface area (Å²) in [6, 6.07) is 1.75. The Hall–Kier alpha value is -2.17. The number of carbonyl (C=O) groups excluding carboxylic acids is 1. The number of allylic oxidation sites excluding steroid dienone is 1. The minimum atomic E-state index is 0.363. The van der Waals surface area contributed by atoms with E-state index < -0.39 is 0 Å². The van der Waals surface area contributed by atoms with Crippen LogP contribution in [0.25, 0.3) is 5.70 Å². The summed E-state index contributed by atoms with van der Waals surface area (Å²) in [6.45, 7) is 11.0. The van der Waals surface area contributed by atoms with Gasteiger partial charge in [0.1, 0.15) is 11.5 Å². The van der Waals surface area contributed by atoms with Gasteiger partial charge in [-0.25, -0.2) is 9.67 Å². The fraction of sp³-hybridized carbons (Fsp3) is 0.250. The van der Waals surface area contributed by atoms with E-state index in [1.54, 1.807) is 13.0 Å². The number of aromatic nitrogens is 2. The molecule has 0 N–H and O–H groups in total. The van der Waals surface area contributed by atoms with Crippen molar-refractivity contribution in [2.45, 2.75) is 13.8 Å². The predicted octanol–water partition coefficient (Wildman–Crippen LogP) is 2.11. The molecule has 1 rings (SSSR count). The van der Waals surface area contributed by atoms with Crippen LogP contribution in [0.2, 0.25) is 0 Å². The van der Waals surface area contributed by atoms with E-state index in [0.717, 1.165) is 5.69 Å². The van der Waals surface area contributed by atoms with Crippen molar-refractivity contribution in [2.24, 2.45) is 4.99 Å². The summed E-state index contributed by atoms with van der Waals surface area (Å²) in [5.41, 5.74) is 1.62. The summed E-state index contributed by atoms with van der Waals surface area (Å²) < 4.78 is 6.48. The molecule has 5 heteroatoms. The molecule has 0 atom stereocenters. The molecule has 1 aromatic rings. The summed E-state index contributed by atoms with van der Waals surface area (Å²) >= 11 is 0. The number of aliphatic imine (C=N–C) groups is 1. The summed E-state index contributed by atoms with van der Waals surface area (Å²) in [6.07, 6.45) is 0.681. The average molecular weight is 233 g/mol. The van der Waals surface area contributed by atoms with E-state index in [1.165, 1.54) is 11.8 Å². The van der Waals surface area contributed by atoms with Gasteiger partial charge in [-0.05, 0) is 13.8 Å². The van der Waals surface area contributed by atoms with Gasteiger partial charge in [0.05, 0.1) is 18.5 Å². The minimum absolute atomic E-state index is 0.363. The van der Waals surface area contributed by atoms with Crippen molar-refractivity contribution >= 4 is 23.5 Å². The van der Waals surface area contributed by atoms with Crippen LogP contribution in [0.1, 0.15) is 12.6 Å². The smallest absolute Gasteiger partial charge is 0.164 e. The van der Waals surface area contributed by atoms with Crippen molar-refractivity contribution < 1.29 is 9.53 Å². The van der Waals surface area contributed by atoms with Crippen LogP contribution in [0.15, 0.2) is 30.0 Å². The zero-order valence-electron chi connectivity index (χ0n) is 10.2. The average Bonchev–Trinajstić information content (AvgIpc) is 2.67. The van der Waals surface area contributed by atoms with E-state index in [1.807, 2.05) is 6.92 Å². The van der Waals surface area contributed by atoms with E-state index in [4.69, 9.17) is 4.74 Å². The third-order valence-corrected chi connectivity index (χ3v) is 2.10. The number of rotatable bonds is 5. The Morgan fingerprint density at radius 3 is 2.76 bits per heavy atom. The number of methoxy groups -OCH3 is 1. The van der Waals surface area contributed by atoms with Crippen LogP contribution in [0.3, 0.4) is 0 Å². The Kier molecular flexibility index (Phi) is 3.98. The van der Waals surface area contributed by atoms with Crippen LogP contribution in [-0.4, -0.2) is 28.9 Å². The molecule has 0 radical (unpaired) electrons. The van der Waals surface area contributed by atoms with Crippen LogP contribution in [0, 0.1) is 6.92 Å². The number of aldehydes is 1. The molecule has 0 saturated carbocycles. The molecule has 17 heavy (non-hydrogen) atoms. The van der Waals surface area contributed by atoms with Gasteiger partial charge in [-0.3, -0.25) is 4.79 Å². The number of hydrogen-bond acceptors (Lipinski definition) is 4. The highest BCUT2D eigenvalue weighted by molar-refractivity contribution is 6.27. The third-order valence-electron chi connectivity index (χ3n) is 2.10. The first-order valence-corrected chi connectivity index (χ1v) is 4.99. The van der Waals surface area contributed by atoms with Gasteiger partial charge in [0.2, 0.25) is 0 Å². The molecule has 0 saturated heterocycles. The van der Waals surface area contributed by atoms with Gasteiger partial charge in [0.15, 0.2) is 12.1 Å². The van der Waals surface area contributed by atoms with Crippen LogP contribution in [-0.2, 0) is 9.53 Å². The maximum atomic E-state index is 10.6. The molecular weight excluding hydrogens is 218 g/mol. The summed E-state index contributed by atoms with van der Waals surface area (Å²) in [5.74, 6) is 0.920. The van der Waals surface area contributed by atoms with Gasteiger partial charge >= 0.3 is 0 Å². The van der Waals surface area contributed by atoms with Crippen molar-refractivity contribution in [1.82, 2.24) is 9.78 Å². The Labute approximate surface area is 100 Å². The number of ether oxygens (including phenoxy) is 1. The molecule has 5 nitrogen and oxygen atoms in total. The zero-order valence-corrected chi connectivity index (χ0v) is 10.2. The molecule has 1 aromatic heterocycles. The number of nitrogens with zero attached hydrogens (tertiary/aromatic N) is 3. The second-order valence-electron chi connectivity index (χ2n) is 3.50. The largest absolute Gasteiger partial charge is 0.495 e. The fourth-order valence-electron chi connectivity index (χ4n) is 1.21. The SMILES string of the molecule is C=C(OC)C(=C)n1nc(C)cc1/N=C(\C)C=O. The first kappa shape index (κ1) is 12.9. The normalized spacial score (nSPS) is 11.1. The summed E-state index contributed by atoms with van der Waals surface area (Å²) in [7, 11) is 1.50. The quantitative estimate of drug-likeness (QED) is 0.339. The van der Waals surface area contributed by atoms with Gasteiger partial charge < -0.3 is 4.74 Å². The molecule has 0 aliphatic rings. The van der Waals surface area contributed by atoms with Gasteiger partial charge in [-0.2, -0.15) is 5.10 Å². The topological polar surface area (TPSA) is 56.5 Å². The lowest BCUT2D eigenvalue weighted by Gasteiger charge is -2.09. The maximum Gasteiger partial charge on any atom is 0.164 e. The van der Waals surface area contributed by atoms with E-state index >= 15 is 0 Å². The Bertz CT molecular complexity index is 498. The Balaban J connectivity index is 3.21. The van der Waals surface area contributed by atoms with E-state index in [-0.39, 0.29) is 0 Å². The standard InChI is InChI=1S/C12H15N3O2/c1-8-6-12(13-9(2)7-16)15(14-8)10(3)11(4)17-5/h6-7H,3-4H2,1-2,5H3/b13-9+. The summed E-state index contributed by atoms with van der Waals surface area (Å²) in [4.78, 5) is 14.7. The second kappa shape index (κ2) is 5.25. The van der Waals surface area contributed by atoms with E-state index in [2.05, 4.69) is 23.2 Å². The molecule has 0 fully saturated rings. The lowest BCUT2D eigenvalue weighted by atomic mass is 10.4. The number of hydrogen-bond donors (Lipinski definition) is 0. The monoisotopic (exact) mass is 233 g/mol. The molecule has 0 aliphatic heterocycles. The van der Waals surface area contributed by atoms with Crippen molar-refractivity contribution in [3.63, 3.8) is 0 Å². The van der Waals surface area contributed by atoms with Gasteiger partial charge in [0, 0.05) is 6.07 Å². The third kappa shape index (κ3) is 2.90. The van der Waals surface area contributed by atoms with E-state index in [0.29, 0.717) is 29.3 Å². The predicted molar refractivity (Wildman–Crippen MR) is 67.3 cm³/mol. The lowest BCUT2D eigenvalue weighted by Crippen LogP contribution is -2.02. The maximum absolute atomic E-state index is 10.6. The first-order chi connectivity index (χ1) is 7.99. The zero-order chi connectivity index (χ0) is 13.0. The fourth-order valence-corrected chi connectivity index (χ4v) is 1.21. The molecular formula is C12H15N3O2. The van der Waals surface area contributed by atoms with Crippen molar-refractivity contribution in [1.29, 1.82) is 0 Å². The highest BCUT2D eigenvalue weighted by Crippen LogP contribution is 2.22. The number of aryl methyl sites for hydroxylation is 1. The highest BCUT2D eigenvalue weighted by Gasteiger charge is 2.10. The van der Waals surface area contributed by atoms with Gasteiger partial charge in [-0.1, -0.05) is 13.2 Å². The van der Waals surface area contributed by atoms with Crippen LogP contribution in [0.5, 0.6) is 0 Å². The summed E-state index contributed by atoms with van der Waals surface area (Å²) in [5, 5.41) is 4.22. The van der Waals surface area contributed by atoms with E-state index in [9.17, 15) is 4.79 Å². The molecule has 90 valence electrons. The highest BCUT2D eigenvalue weighted by atomic mass is 16.5. The second-order valence-corrected chi connectivity index (χ2v) is 3.50. The van der Waals surface area contributed by atoms with Crippen molar-refractivity contribution in [2.75, 3.05) is 7.11 Å². The van der Waals surface area contributed by atoms with Crippen LogP contribution < -0.4 is 0 Å². The van der Waals surface area contributed by atoms with Crippen LogP contribution >= 0.6 is 0 Å². The molecule has 0 bridgehead atoms. The molecule has 0 aliphatic carbocycles. The van der Waals surface area contributed by atoms with Crippen LogP contribution in [0.4, 0.5) is 5.82 Å². The number of carbonyl (C=O) groups is 1. The molecule has 0 amide bonds. The molecule has 1 heterocycles. The van der Waals surface area contributed by atoms with Gasteiger partial charge in [-0.15, -0.1) is 0 Å². The van der Waals surface area contributed by atoms with Crippen molar-refractivity contribution in [3.05, 3.63) is 30.7 Å².